The number of para-hydroxylation sites is 1. The second-order valence-corrected chi connectivity index (χ2v) is 18.2. The smallest absolute Gasteiger partial charge is 0.135 e. The maximum atomic E-state index is 6.32. The zero-order valence-electron chi connectivity index (χ0n) is 35.3. The van der Waals surface area contributed by atoms with Crippen LogP contribution in [-0.4, -0.2) is 0 Å². The van der Waals surface area contributed by atoms with Gasteiger partial charge in [-0.1, -0.05) is 180 Å². The Morgan fingerprint density at radius 3 is 1.70 bits per heavy atom. The van der Waals surface area contributed by atoms with Crippen molar-refractivity contribution in [2.45, 2.75) is 45.4 Å². The third kappa shape index (κ3) is 6.17. The number of furan rings is 1. The molecule has 0 amide bonds. The summed E-state index contributed by atoms with van der Waals surface area (Å²) >= 11 is 0. The molecule has 0 saturated heterocycles. The Kier molecular flexibility index (Phi) is 8.44. The van der Waals surface area contributed by atoms with Crippen LogP contribution in [0.5, 0.6) is 0 Å². The molecular weight excluding hydrogens is 739 g/mol. The highest BCUT2D eigenvalue weighted by molar-refractivity contribution is 6.10. The summed E-state index contributed by atoms with van der Waals surface area (Å²) in [6, 6.07) is 71.4. The molecule has 2 heteroatoms. The molecule has 0 atom stereocenters. The fourth-order valence-corrected chi connectivity index (χ4v) is 9.73. The van der Waals surface area contributed by atoms with E-state index in [0.717, 1.165) is 44.6 Å². The molecule has 1 aliphatic carbocycles. The summed E-state index contributed by atoms with van der Waals surface area (Å²) in [5.74, 6) is 0. The van der Waals surface area contributed by atoms with Crippen LogP contribution in [0.3, 0.4) is 0 Å². The second kappa shape index (κ2) is 14.0. The fourth-order valence-electron chi connectivity index (χ4n) is 9.73. The maximum absolute atomic E-state index is 6.32. The third-order valence-electron chi connectivity index (χ3n) is 13.1. The topological polar surface area (TPSA) is 16.4 Å². The van der Waals surface area contributed by atoms with Crippen molar-refractivity contribution in [2.75, 3.05) is 4.90 Å². The molecule has 1 aromatic heterocycles. The van der Waals surface area contributed by atoms with Gasteiger partial charge in [0.2, 0.25) is 0 Å². The number of rotatable bonds is 6. The fraction of sp³-hybridized carbons (Fsp3) is 0.119. The Morgan fingerprint density at radius 2 is 0.984 bits per heavy atom. The predicted octanol–water partition coefficient (Wildman–Crippen LogP) is 16.8. The Labute approximate surface area is 358 Å². The van der Waals surface area contributed by atoms with Crippen LogP contribution in [0, 0.1) is 0 Å². The van der Waals surface area contributed by atoms with Crippen LogP contribution >= 0.6 is 0 Å². The lowest BCUT2D eigenvalue weighted by atomic mass is 9.82. The molecule has 0 spiro atoms. The normalized spacial score (nSPS) is 13.1. The first-order valence-corrected chi connectivity index (χ1v) is 21.4. The average Bonchev–Trinajstić information content (AvgIpc) is 3.77. The first-order valence-electron chi connectivity index (χ1n) is 21.4. The largest absolute Gasteiger partial charge is 0.456 e. The van der Waals surface area contributed by atoms with Gasteiger partial charge in [0.1, 0.15) is 11.2 Å². The monoisotopic (exact) mass is 785 g/mol. The van der Waals surface area contributed by atoms with Gasteiger partial charge < -0.3 is 9.32 Å². The Bertz CT molecular complexity index is 3290. The van der Waals surface area contributed by atoms with E-state index in [-0.39, 0.29) is 10.8 Å². The quantitative estimate of drug-likeness (QED) is 0.167. The van der Waals surface area contributed by atoms with Gasteiger partial charge in [0.25, 0.3) is 0 Å². The number of anilines is 3. The maximum Gasteiger partial charge on any atom is 0.135 e. The van der Waals surface area contributed by atoms with Crippen LogP contribution in [0.25, 0.3) is 77.2 Å². The lowest BCUT2D eigenvalue weighted by Gasteiger charge is -2.30. The van der Waals surface area contributed by atoms with Gasteiger partial charge in [0.05, 0.1) is 5.69 Å². The number of nitrogens with zero attached hydrogens (tertiary/aromatic N) is 1. The lowest BCUT2D eigenvalue weighted by Crippen LogP contribution is -2.15. The lowest BCUT2D eigenvalue weighted by molar-refractivity contribution is 0.590. The average molecular weight is 786 g/mol. The van der Waals surface area contributed by atoms with Crippen molar-refractivity contribution in [1.29, 1.82) is 0 Å². The SMILES string of the molecule is CC(C)(C)c1ccc(-c2ccc(-c3ccc(N(c4ccc5c(c4)-c4ccccc4C5(C)C)c4ccc5ccccc5c4-c4ccc5oc6ccccc6c5c4)cc3)cc2)cc1. The van der Waals surface area contributed by atoms with E-state index in [2.05, 4.69) is 228 Å². The summed E-state index contributed by atoms with van der Waals surface area (Å²) in [4.78, 5) is 2.46. The molecule has 61 heavy (non-hydrogen) atoms. The van der Waals surface area contributed by atoms with Crippen molar-refractivity contribution >= 4 is 49.8 Å². The van der Waals surface area contributed by atoms with Crippen LogP contribution in [0.2, 0.25) is 0 Å². The molecule has 0 saturated carbocycles. The summed E-state index contributed by atoms with van der Waals surface area (Å²) in [5.41, 5.74) is 19.0. The van der Waals surface area contributed by atoms with Crippen molar-refractivity contribution in [1.82, 2.24) is 0 Å². The molecule has 2 nitrogen and oxygen atoms in total. The predicted molar refractivity (Wildman–Crippen MR) is 258 cm³/mol. The van der Waals surface area contributed by atoms with Crippen molar-refractivity contribution in [3.05, 3.63) is 211 Å². The van der Waals surface area contributed by atoms with Crippen LogP contribution in [-0.2, 0) is 10.8 Å². The Hall–Kier alpha value is -7.16. The van der Waals surface area contributed by atoms with Gasteiger partial charge >= 0.3 is 0 Å². The number of fused-ring (bicyclic) bond motifs is 7. The summed E-state index contributed by atoms with van der Waals surface area (Å²) in [7, 11) is 0. The Morgan fingerprint density at radius 1 is 0.426 bits per heavy atom. The molecule has 294 valence electrons. The molecule has 0 N–H and O–H groups in total. The summed E-state index contributed by atoms with van der Waals surface area (Å²) in [6.07, 6.45) is 0. The molecule has 10 aromatic rings. The van der Waals surface area contributed by atoms with Gasteiger partial charge in [-0.2, -0.15) is 0 Å². The van der Waals surface area contributed by atoms with Gasteiger partial charge in [-0.15, -0.1) is 0 Å². The standard InChI is InChI=1S/C59H47NO/c1-58(2,3)44-28-22-40(23-29-44)38-18-20-39(21-19-38)41-24-30-45(31-25-41)60(46-32-33-53-50(37-46)48-14-8-10-16-52(48)59(53,4)5)54-34-26-42-12-6-7-13-47(42)57(54)43-27-35-56-51(36-43)49-15-9-11-17-55(49)61-56/h6-37H,1-5H3. The van der Waals surface area contributed by atoms with E-state index in [0.29, 0.717) is 0 Å². The molecule has 0 bridgehead atoms. The van der Waals surface area contributed by atoms with Gasteiger partial charge in [-0.3, -0.25) is 0 Å². The Balaban J connectivity index is 1.06. The third-order valence-corrected chi connectivity index (χ3v) is 13.1. The number of hydrogen-bond donors (Lipinski definition) is 0. The van der Waals surface area contributed by atoms with Crippen LogP contribution < -0.4 is 4.90 Å². The van der Waals surface area contributed by atoms with Gasteiger partial charge in [0, 0.05) is 33.1 Å². The molecule has 0 unspecified atom stereocenters. The summed E-state index contributed by atoms with van der Waals surface area (Å²) < 4.78 is 6.32. The molecule has 0 aliphatic heterocycles. The molecule has 9 aromatic carbocycles. The number of benzene rings is 9. The highest BCUT2D eigenvalue weighted by atomic mass is 16.3. The van der Waals surface area contributed by atoms with E-state index < -0.39 is 0 Å². The summed E-state index contributed by atoms with van der Waals surface area (Å²) in [5, 5.41) is 4.65. The van der Waals surface area contributed by atoms with Crippen molar-refractivity contribution < 1.29 is 4.42 Å². The number of hydrogen-bond acceptors (Lipinski definition) is 2. The highest BCUT2D eigenvalue weighted by Gasteiger charge is 2.35. The van der Waals surface area contributed by atoms with E-state index in [1.807, 2.05) is 6.07 Å². The molecule has 0 fully saturated rings. The molecule has 1 aliphatic rings. The van der Waals surface area contributed by atoms with Gasteiger partial charge in [-0.05, 0) is 120 Å². The first kappa shape index (κ1) is 36.9. The molecular formula is C59H47NO. The van der Waals surface area contributed by atoms with Crippen LogP contribution in [0.4, 0.5) is 17.1 Å². The molecule has 1 heterocycles. The van der Waals surface area contributed by atoms with E-state index in [1.165, 1.54) is 66.4 Å². The van der Waals surface area contributed by atoms with E-state index >= 15 is 0 Å². The van der Waals surface area contributed by atoms with Gasteiger partial charge in [0.15, 0.2) is 0 Å². The zero-order chi connectivity index (χ0) is 41.5. The first-order chi connectivity index (χ1) is 29.6. The zero-order valence-corrected chi connectivity index (χ0v) is 35.3. The van der Waals surface area contributed by atoms with E-state index in [9.17, 15) is 0 Å². The minimum absolute atomic E-state index is 0.0841. The van der Waals surface area contributed by atoms with Crippen molar-refractivity contribution in [3.63, 3.8) is 0 Å². The minimum Gasteiger partial charge on any atom is -0.456 e. The van der Waals surface area contributed by atoms with E-state index in [1.54, 1.807) is 0 Å². The highest BCUT2D eigenvalue weighted by Crippen LogP contribution is 2.52. The van der Waals surface area contributed by atoms with Crippen LogP contribution in [0.1, 0.15) is 51.3 Å². The molecule has 11 rings (SSSR count). The second-order valence-electron chi connectivity index (χ2n) is 18.2. The van der Waals surface area contributed by atoms with E-state index in [4.69, 9.17) is 4.42 Å². The van der Waals surface area contributed by atoms with Gasteiger partial charge in [-0.25, -0.2) is 0 Å². The summed E-state index contributed by atoms with van der Waals surface area (Å²) in [6.45, 7) is 11.5. The van der Waals surface area contributed by atoms with Crippen LogP contribution in [0.15, 0.2) is 199 Å². The van der Waals surface area contributed by atoms with Crippen molar-refractivity contribution in [3.8, 4) is 44.5 Å². The van der Waals surface area contributed by atoms with Crippen molar-refractivity contribution in [2.24, 2.45) is 0 Å². The minimum atomic E-state index is -0.0841. The molecule has 0 radical (unpaired) electrons.